The number of amides is 3. The Hall–Kier alpha value is -3.38. The van der Waals surface area contributed by atoms with E-state index in [0.717, 1.165) is 5.56 Å². The average Bonchev–Trinajstić information content (AvgIpc) is 3.58. The minimum absolute atomic E-state index is 0.0611. The summed E-state index contributed by atoms with van der Waals surface area (Å²) in [6, 6.07) is 5.66. The first-order valence-corrected chi connectivity index (χ1v) is 14.3. The van der Waals surface area contributed by atoms with Gasteiger partial charge in [0, 0.05) is 25.2 Å². The number of aliphatic hydroxyl groups excluding tert-OH is 1. The number of alkyl carbamates (subject to hydrolysis) is 1. The number of hydrogen-bond acceptors (Lipinski definition) is 9. The predicted octanol–water partition coefficient (Wildman–Crippen LogP) is 2.63. The molecular weight excluding hydrogens is 530 g/mol. The number of aliphatic hydroxyl groups is 1. The van der Waals surface area contributed by atoms with Gasteiger partial charge >= 0.3 is 12.2 Å². The number of Topliss-reactive ketones (excluding diaryl/α,β-unsaturated/α-hetero) is 1. The van der Waals surface area contributed by atoms with E-state index in [4.69, 9.17) is 15.2 Å². The Bertz CT molecular complexity index is 1090. The van der Waals surface area contributed by atoms with Crippen LogP contribution in [0.25, 0.3) is 0 Å². The molecule has 2 aliphatic rings. The molecule has 228 valence electrons. The molecule has 0 bridgehead atoms. The highest BCUT2D eigenvalue weighted by molar-refractivity contribution is 6.08. The number of nitrogens with zero attached hydrogens (tertiary/aromatic N) is 1. The number of likely N-dealkylation sites (tertiary alicyclic amines) is 1. The zero-order valence-electron chi connectivity index (χ0n) is 24.7. The zero-order valence-corrected chi connectivity index (χ0v) is 24.7. The monoisotopic (exact) mass is 575 g/mol. The second-order valence-corrected chi connectivity index (χ2v) is 12.2. The molecule has 1 saturated heterocycles. The number of carbonyl (C=O) groups excluding carboxylic acids is 4. The minimum Gasteiger partial charge on any atom is -0.445 e. The Labute approximate surface area is 241 Å². The topological polar surface area (TPSA) is 172 Å². The van der Waals surface area contributed by atoms with Crippen LogP contribution >= 0.6 is 0 Å². The molecule has 6 N–H and O–H groups in total. The molecule has 1 aliphatic heterocycles. The number of unbranched alkanes of at least 4 members (excludes halogenated alkanes) is 1. The summed E-state index contributed by atoms with van der Waals surface area (Å²) < 4.78 is 10.6. The van der Waals surface area contributed by atoms with Gasteiger partial charge in [-0.1, -0.05) is 26.0 Å². The first kappa shape index (κ1) is 32.1. The van der Waals surface area contributed by atoms with Crippen LogP contribution in [0.2, 0.25) is 0 Å². The highest BCUT2D eigenvalue weighted by Crippen LogP contribution is 2.47. The lowest BCUT2D eigenvalue weighted by atomic mass is 10.0. The summed E-state index contributed by atoms with van der Waals surface area (Å²) in [6.07, 6.45) is 0.705. The fraction of sp³-hybridized carbons (Fsp3) is 0.655. The van der Waals surface area contributed by atoms with Gasteiger partial charge in [0.2, 0.25) is 5.91 Å². The van der Waals surface area contributed by atoms with E-state index < -0.39 is 41.6 Å². The Balaban J connectivity index is 1.49. The number of nitrogens with two attached hydrogens (primary N) is 1. The molecule has 1 spiro atoms. The van der Waals surface area contributed by atoms with Crippen molar-refractivity contribution in [2.45, 2.75) is 103 Å². The molecule has 12 nitrogen and oxygen atoms in total. The van der Waals surface area contributed by atoms with Gasteiger partial charge in [0.05, 0.1) is 12.1 Å². The number of anilines is 1. The van der Waals surface area contributed by atoms with E-state index in [1.807, 2.05) is 13.8 Å². The van der Waals surface area contributed by atoms with Crippen molar-refractivity contribution < 1.29 is 33.8 Å². The second-order valence-electron chi connectivity index (χ2n) is 12.2. The van der Waals surface area contributed by atoms with Crippen LogP contribution in [0.5, 0.6) is 0 Å². The lowest BCUT2D eigenvalue weighted by molar-refractivity contribution is -0.124. The van der Waals surface area contributed by atoms with Gasteiger partial charge < -0.3 is 36.3 Å². The number of rotatable bonds is 13. The number of ether oxygens (including phenoxy) is 2. The number of ketones is 1. The number of carbonyl (C=O) groups is 4. The van der Waals surface area contributed by atoms with Crippen LogP contribution in [0.15, 0.2) is 24.3 Å². The van der Waals surface area contributed by atoms with E-state index in [1.165, 1.54) is 4.90 Å². The summed E-state index contributed by atoms with van der Waals surface area (Å²) in [6.45, 7) is 10.1. The summed E-state index contributed by atoms with van der Waals surface area (Å²) >= 11 is 0. The number of benzene rings is 1. The predicted molar refractivity (Wildman–Crippen MR) is 153 cm³/mol. The van der Waals surface area contributed by atoms with Gasteiger partial charge in [0.15, 0.2) is 5.78 Å². The van der Waals surface area contributed by atoms with E-state index in [9.17, 15) is 24.3 Å². The number of hydrogen-bond donors (Lipinski definition) is 5. The van der Waals surface area contributed by atoms with Crippen LogP contribution in [0, 0.1) is 5.92 Å². The molecule has 1 saturated carbocycles. The molecule has 1 aromatic rings. The lowest BCUT2D eigenvalue weighted by Gasteiger charge is -2.38. The molecular formula is C29H45N5O7. The van der Waals surface area contributed by atoms with Crippen molar-refractivity contribution in [1.29, 1.82) is 0 Å². The average molecular weight is 576 g/mol. The van der Waals surface area contributed by atoms with Crippen LogP contribution < -0.4 is 21.7 Å². The summed E-state index contributed by atoms with van der Waals surface area (Å²) in [5.74, 6) is -0.337. The third kappa shape index (κ3) is 9.06. The normalized spacial score (nSPS) is 20.1. The van der Waals surface area contributed by atoms with Gasteiger partial charge in [0.25, 0.3) is 0 Å². The quantitative estimate of drug-likeness (QED) is 0.175. The summed E-state index contributed by atoms with van der Waals surface area (Å²) in [4.78, 5) is 49.9. The first-order valence-electron chi connectivity index (χ1n) is 14.3. The number of nitrogens with one attached hydrogen (secondary N) is 3. The maximum atomic E-state index is 12.7. The molecule has 3 rings (SSSR count). The molecule has 41 heavy (non-hydrogen) atoms. The summed E-state index contributed by atoms with van der Waals surface area (Å²) in [5.41, 5.74) is 6.19. The van der Waals surface area contributed by atoms with Gasteiger partial charge in [-0.25, -0.2) is 9.59 Å². The Morgan fingerprint density at radius 1 is 1.15 bits per heavy atom. The van der Waals surface area contributed by atoms with E-state index in [2.05, 4.69) is 16.0 Å². The van der Waals surface area contributed by atoms with Crippen LogP contribution in [-0.2, 0) is 25.7 Å². The fourth-order valence-electron chi connectivity index (χ4n) is 4.53. The first-order chi connectivity index (χ1) is 19.2. The van der Waals surface area contributed by atoms with Gasteiger partial charge in [0.1, 0.15) is 24.0 Å². The van der Waals surface area contributed by atoms with E-state index in [0.29, 0.717) is 50.9 Å². The van der Waals surface area contributed by atoms with Gasteiger partial charge in [-0.2, -0.15) is 0 Å². The molecule has 3 amide bonds. The summed E-state index contributed by atoms with van der Waals surface area (Å²) in [7, 11) is 0. The van der Waals surface area contributed by atoms with Gasteiger partial charge in [-0.05, 0) is 70.1 Å². The molecule has 1 aliphatic carbocycles. The molecule has 0 radical (unpaired) electrons. The van der Waals surface area contributed by atoms with Crippen LogP contribution in [-0.4, -0.2) is 76.4 Å². The standard InChI is InChI=1S/C29H45N5O7/c1-18(2)23(30)25(37)33-21(8-6-7-14-31-26(38)41-28(3,4)5)24(36)32-20-11-9-19(10-12-20)17-40-27(39)34-15-13-29(34)16-22(29)35/h9-12,18,21,23-24,32,36H,6-8,13-17,30H2,1-5H3,(H,31,38)(H,33,37)/t21-,23-,24?,29?/m0/s1. The smallest absolute Gasteiger partial charge is 0.410 e. The van der Waals surface area contributed by atoms with Gasteiger partial charge in [-0.3, -0.25) is 14.5 Å². The van der Waals surface area contributed by atoms with Crippen molar-refractivity contribution in [3.8, 4) is 0 Å². The highest BCUT2D eigenvalue weighted by atomic mass is 16.6. The van der Waals surface area contributed by atoms with Crippen LogP contribution in [0.1, 0.15) is 72.3 Å². The molecule has 1 aromatic carbocycles. The van der Waals surface area contributed by atoms with E-state index in [-0.39, 0.29) is 24.2 Å². The SMILES string of the molecule is CC(C)[C@H](N)C(=O)N[C@@H](CCCCNC(=O)OC(C)(C)C)C(O)Nc1ccc(COC(=O)N2CCC23CC3=O)cc1. The van der Waals surface area contributed by atoms with E-state index >= 15 is 0 Å². The molecule has 2 fully saturated rings. The van der Waals surface area contributed by atoms with Crippen molar-refractivity contribution in [2.75, 3.05) is 18.4 Å². The van der Waals surface area contributed by atoms with Crippen molar-refractivity contribution in [3.05, 3.63) is 29.8 Å². The molecule has 1 heterocycles. The van der Waals surface area contributed by atoms with Crippen molar-refractivity contribution in [3.63, 3.8) is 0 Å². The fourth-order valence-corrected chi connectivity index (χ4v) is 4.53. The Kier molecular flexibility index (Phi) is 10.6. The van der Waals surface area contributed by atoms with Crippen LogP contribution in [0.3, 0.4) is 0 Å². The minimum atomic E-state index is -1.11. The molecule has 12 heteroatoms. The maximum Gasteiger partial charge on any atom is 0.410 e. The lowest BCUT2D eigenvalue weighted by Crippen LogP contribution is -2.54. The summed E-state index contributed by atoms with van der Waals surface area (Å²) in [5, 5.41) is 19.5. The largest absolute Gasteiger partial charge is 0.445 e. The molecule has 0 aromatic heterocycles. The highest BCUT2D eigenvalue weighted by Gasteiger charge is 2.65. The van der Waals surface area contributed by atoms with Crippen LogP contribution in [0.4, 0.5) is 15.3 Å². The second kappa shape index (κ2) is 13.5. The Morgan fingerprint density at radius 2 is 1.80 bits per heavy atom. The zero-order chi connectivity index (χ0) is 30.4. The van der Waals surface area contributed by atoms with Crippen molar-refractivity contribution >= 4 is 29.6 Å². The third-order valence-electron chi connectivity index (χ3n) is 7.30. The van der Waals surface area contributed by atoms with E-state index in [1.54, 1.807) is 45.0 Å². The molecule has 4 atom stereocenters. The van der Waals surface area contributed by atoms with Gasteiger partial charge in [-0.15, -0.1) is 0 Å². The Morgan fingerprint density at radius 3 is 2.34 bits per heavy atom. The van der Waals surface area contributed by atoms with Crippen molar-refractivity contribution in [1.82, 2.24) is 15.5 Å². The maximum absolute atomic E-state index is 12.7. The molecule has 2 unspecified atom stereocenters. The third-order valence-corrected chi connectivity index (χ3v) is 7.30. The van der Waals surface area contributed by atoms with Crippen molar-refractivity contribution in [2.24, 2.45) is 11.7 Å².